The highest BCUT2D eigenvalue weighted by Crippen LogP contribution is 2.86. The van der Waals surface area contributed by atoms with Crippen LogP contribution in [-0.2, 0) is 10.8 Å². The summed E-state index contributed by atoms with van der Waals surface area (Å²) in [4.78, 5) is 2.91. The van der Waals surface area contributed by atoms with E-state index in [-0.39, 0.29) is 16.9 Å². The molecule has 0 radical (unpaired) electrons. The van der Waals surface area contributed by atoms with Crippen LogP contribution in [0.15, 0.2) is 53.8 Å². The standard InChI is InChI=1S/C72H13N/c1-73-10-71-67-59-51-41-31-23-15-13-14-17-21-19(15)27-35-29(21)39-33-25(17)26-18(14)22-20-16(13)24(23)32-38-28(20)36-30(22)40-34(26)44-43(33)55-49(39)57-47(35)53(45(51)37(27)31)61(67)63(57)69-65(55)66-56(44)50(40)58-48(36)54-46(38)52(42(32)41)60(59)68(71)62(54)64(58)70(66)72(69,71)12(73)9-5-4-8-11-6-2-3-7-11/h2-6,8-9,12H,10H2,1H3/b8-4+,9-5+. The zero-order valence-electron chi connectivity index (χ0n) is 37.8. The van der Waals surface area contributed by atoms with Crippen LogP contribution in [0.1, 0.15) is 22.3 Å². The summed E-state index contributed by atoms with van der Waals surface area (Å²) in [6.45, 7) is 1.04. The average Bonchev–Trinajstić information content (AvgIpc) is 4.32. The van der Waals surface area contributed by atoms with Gasteiger partial charge in [0.1, 0.15) is 0 Å². The lowest BCUT2D eigenvalue weighted by molar-refractivity contribution is 0.319. The molecule has 0 amide bonds. The molecule has 1 saturated heterocycles. The van der Waals surface area contributed by atoms with Crippen molar-refractivity contribution in [2.24, 2.45) is 0 Å². The molecule has 2 spiro atoms. The molecule has 306 valence electrons. The molecule has 1 unspecified atom stereocenters. The molecular formula is C72H13N. The van der Waals surface area contributed by atoms with E-state index < -0.39 is 0 Å². The first-order valence-corrected chi connectivity index (χ1v) is 27.3. The second-order valence-electron chi connectivity index (χ2n) is 26.7. The van der Waals surface area contributed by atoms with Crippen molar-refractivity contribution >= 4 is 291 Å². The number of hydrogen-bond donors (Lipinski definition) is 0. The summed E-state index contributed by atoms with van der Waals surface area (Å²) in [7, 11) is 2.55. The molecule has 28 aromatic rings. The van der Waals surface area contributed by atoms with E-state index in [1.807, 2.05) is 0 Å². The van der Waals surface area contributed by atoms with E-state index in [1.54, 1.807) is 313 Å². The molecule has 6 aliphatic rings. The van der Waals surface area contributed by atoms with E-state index in [0.29, 0.717) is 0 Å². The van der Waals surface area contributed by atoms with Gasteiger partial charge < -0.3 is 0 Å². The van der Waals surface area contributed by atoms with E-state index in [2.05, 4.69) is 60.2 Å². The van der Waals surface area contributed by atoms with Crippen LogP contribution in [-0.4, -0.2) is 24.5 Å². The zero-order valence-corrected chi connectivity index (χ0v) is 37.8. The minimum absolute atomic E-state index is 0.163. The fourth-order valence-corrected chi connectivity index (χ4v) is 26.2. The van der Waals surface area contributed by atoms with Crippen LogP contribution in [0.4, 0.5) is 0 Å². The van der Waals surface area contributed by atoms with Gasteiger partial charge in [-0.2, -0.15) is 0 Å². The van der Waals surface area contributed by atoms with Crippen molar-refractivity contribution in [1.29, 1.82) is 0 Å². The van der Waals surface area contributed by atoms with Gasteiger partial charge >= 0.3 is 0 Å². The van der Waals surface area contributed by atoms with Crippen LogP contribution in [0, 0.1) is 0 Å². The molecule has 28 aromatic carbocycles. The lowest BCUT2D eigenvalue weighted by Crippen LogP contribution is -2.54. The maximum atomic E-state index is 3.47. The summed E-state index contributed by atoms with van der Waals surface area (Å²) in [6, 6.07) is 0.163. The van der Waals surface area contributed by atoms with Gasteiger partial charge in [-0.05, 0) is 338 Å². The van der Waals surface area contributed by atoms with Gasteiger partial charge in [-0.25, -0.2) is 0 Å². The first-order chi connectivity index (χ1) is 36.3. The molecule has 0 N–H and O–H groups in total. The van der Waals surface area contributed by atoms with Gasteiger partial charge in [-0.15, -0.1) is 5.73 Å². The molecule has 1 fully saturated rings. The van der Waals surface area contributed by atoms with Gasteiger partial charge in [0.05, 0.1) is 10.8 Å². The second kappa shape index (κ2) is 6.41. The minimum atomic E-state index is -0.302. The highest BCUT2D eigenvalue weighted by Gasteiger charge is 2.75. The van der Waals surface area contributed by atoms with Gasteiger partial charge in [0.25, 0.3) is 0 Å². The van der Waals surface area contributed by atoms with Crippen molar-refractivity contribution in [1.82, 2.24) is 4.90 Å². The van der Waals surface area contributed by atoms with Crippen molar-refractivity contribution in [3.63, 3.8) is 0 Å². The number of likely N-dealkylation sites (tertiary alicyclic amines) is 1. The third-order valence-corrected chi connectivity index (χ3v) is 26.3. The molecule has 1 atom stereocenters. The molecule has 1 heterocycles. The number of hydrogen-bond acceptors (Lipinski definition) is 1. The molecule has 0 bridgehead atoms. The molecule has 1 heteroatoms. The number of rotatable bonds is 3. The van der Waals surface area contributed by atoms with E-state index in [0.717, 1.165) is 12.1 Å². The van der Waals surface area contributed by atoms with Gasteiger partial charge in [-0.3, -0.25) is 4.90 Å². The van der Waals surface area contributed by atoms with Crippen molar-refractivity contribution in [2.75, 3.05) is 13.6 Å². The predicted molar refractivity (Wildman–Crippen MR) is 309 cm³/mol. The summed E-state index contributed by atoms with van der Waals surface area (Å²) in [6.07, 6.45) is 16.2. The fraction of sp³-hybridized carbons (Fsp3) is 0.0694. The molecule has 1 aliphatic heterocycles. The SMILES string of the molecule is CN1CC23c4c5c6c7c8c9c(c%10c%11c2c2c4c4c%12c5c5c6c6c8c8c%13c9c9c%10c%10c%11c%11c2c2c4c4c%12c%12c5c5c6c8c6c8c%13c9c9c%10c%10c%11c2c2c4c4c%12c5c6c5c8c9c%10c2c45)C73C1/C=C/C=C/C1=C=CC=C1. The Morgan fingerprint density at radius 2 is 0.589 bits per heavy atom. The van der Waals surface area contributed by atoms with Gasteiger partial charge in [-0.1, -0.05) is 24.3 Å². The van der Waals surface area contributed by atoms with Crippen LogP contribution >= 0.6 is 0 Å². The first-order valence-electron chi connectivity index (χ1n) is 27.3. The number of benzene rings is 18. The third kappa shape index (κ3) is 1.53. The van der Waals surface area contributed by atoms with Gasteiger partial charge in [0.2, 0.25) is 0 Å². The lowest BCUT2D eigenvalue weighted by Gasteiger charge is -2.51. The molecule has 0 saturated carbocycles. The summed E-state index contributed by atoms with van der Waals surface area (Å²) in [5.41, 5.74) is 11.1. The van der Waals surface area contributed by atoms with E-state index in [4.69, 9.17) is 0 Å². The summed E-state index contributed by atoms with van der Waals surface area (Å²) in [5.74, 6) is 0. The Balaban J connectivity index is 1.10. The largest absolute Gasteiger partial charge is 0.297 e. The Bertz CT molecular complexity index is 7360. The van der Waals surface area contributed by atoms with Crippen LogP contribution in [0.3, 0.4) is 0 Å². The Hall–Kier alpha value is -8.84. The van der Waals surface area contributed by atoms with Crippen molar-refractivity contribution < 1.29 is 0 Å². The molecule has 34 rings (SSSR count). The monoisotopic (exact) mass is 891 g/mol. The fourth-order valence-electron chi connectivity index (χ4n) is 26.2. The molecule has 1 nitrogen and oxygen atoms in total. The molecular weight excluding hydrogens is 879 g/mol. The van der Waals surface area contributed by atoms with Crippen LogP contribution < -0.4 is 0 Å². The second-order valence-corrected chi connectivity index (χ2v) is 26.7. The van der Waals surface area contributed by atoms with Crippen molar-refractivity contribution in [2.45, 2.75) is 16.9 Å². The maximum Gasteiger partial charge on any atom is 0.0569 e. The Labute approximate surface area is 400 Å². The smallest absolute Gasteiger partial charge is 0.0569 e. The number of allylic oxidation sites excluding steroid dienone is 6. The normalized spacial score (nSPS) is 24.3. The van der Waals surface area contributed by atoms with Crippen molar-refractivity contribution in [3.8, 4) is 0 Å². The highest BCUT2D eigenvalue weighted by atomic mass is 15.2. The highest BCUT2D eigenvalue weighted by molar-refractivity contribution is 6.82. The first kappa shape index (κ1) is 27.7. The summed E-state index contributed by atoms with van der Waals surface area (Å²) >= 11 is 0. The quantitative estimate of drug-likeness (QED) is 0.0970. The Kier molecular flexibility index (Phi) is 2.43. The summed E-state index contributed by atoms with van der Waals surface area (Å²) < 4.78 is 0. The third-order valence-electron chi connectivity index (χ3n) is 26.3. The Morgan fingerprint density at radius 1 is 0.342 bits per heavy atom. The zero-order chi connectivity index (χ0) is 43.6. The minimum Gasteiger partial charge on any atom is -0.297 e. The van der Waals surface area contributed by atoms with E-state index in [1.165, 1.54) is 0 Å². The lowest BCUT2D eigenvalue weighted by atomic mass is 9.48. The maximum absolute atomic E-state index is 3.47. The number of likely N-dealkylation sites (N-methyl/N-ethyl adjacent to an activating group) is 1. The molecule has 0 aromatic heterocycles. The van der Waals surface area contributed by atoms with Crippen LogP contribution in [0.25, 0.3) is 291 Å². The number of nitrogens with zero attached hydrogens (tertiary/aromatic N) is 1. The average molecular weight is 892 g/mol. The topological polar surface area (TPSA) is 3.24 Å². The van der Waals surface area contributed by atoms with E-state index >= 15 is 0 Å². The van der Waals surface area contributed by atoms with Crippen LogP contribution in [0.5, 0.6) is 0 Å². The molecule has 5 aliphatic carbocycles. The van der Waals surface area contributed by atoms with Gasteiger partial charge in [0, 0.05) is 18.2 Å². The van der Waals surface area contributed by atoms with Crippen LogP contribution in [0.2, 0.25) is 0 Å². The predicted octanol–water partition coefficient (Wildman–Crippen LogP) is 18.4. The van der Waals surface area contributed by atoms with E-state index in [9.17, 15) is 0 Å². The molecule has 73 heavy (non-hydrogen) atoms. The Morgan fingerprint density at radius 3 is 0.836 bits per heavy atom. The summed E-state index contributed by atoms with van der Waals surface area (Å²) in [5, 5.41) is 90.2. The van der Waals surface area contributed by atoms with Crippen molar-refractivity contribution in [3.05, 3.63) is 76.1 Å². The van der Waals surface area contributed by atoms with Gasteiger partial charge in [0.15, 0.2) is 0 Å².